The third-order valence-electron chi connectivity index (χ3n) is 3.86. The number of rotatable bonds is 1. The molecule has 0 unspecified atom stereocenters. The third kappa shape index (κ3) is 1.59. The van der Waals surface area contributed by atoms with Crippen LogP contribution in [0.25, 0.3) is 0 Å². The molecule has 17 heavy (non-hydrogen) atoms. The van der Waals surface area contributed by atoms with Crippen LogP contribution in [0.3, 0.4) is 0 Å². The zero-order valence-electron chi connectivity index (χ0n) is 9.69. The van der Waals surface area contributed by atoms with Crippen LogP contribution < -0.4 is 10.6 Å². The van der Waals surface area contributed by atoms with E-state index in [-0.39, 0.29) is 11.4 Å². The molecule has 1 aromatic rings. The van der Waals surface area contributed by atoms with Gasteiger partial charge < -0.3 is 10.6 Å². The second kappa shape index (κ2) is 3.72. The van der Waals surface area contributed by atoms with Gasteiger partial charge >= 0.3 is 0 Å². The van der Waals surface area contributed by atoms with E-state index in [1.54, 1.807) is 12.1 Å². The van der Waals surface area contributed by atoms with Crippen LogP contribution in [-0.2, 0) is 0 Å². The second-order valence-corrected chi connectivity index (χ2v) is 4.92. The summed E-state index contributed by atoms with van der Waals surface area (Å²) in [6.07, 6.45) is 4.68. The third-order valence-corrected chi connectivity index (χ3v) is 3.86. The lowest BCUT2D eigenvalue weighted by molar-refractivity contribution is 0.472. The summed E-state index contributed by atoms with van der Waals surface area (Å²) in [6, 6.07) is 6.51. The second-order valence-electron chi connectivity index (χ2n) is 4.92. The Balaban J connectivity index is 1.98. The molecule has 1 spiro atoms. The number of aliphatic imine (C=N–C) groups is 1. The van der Waals surface area contributed by atoms with Crippen LogP contribution in [0.4, 0.5) is 10.1 Å². The number of hydrogen-bond acceptors (Lipinski definition) is 3. The SMILES string of the molecule is NC1=NCC2(CCCC2)N1c1ccc(F)cc1. The molecule has 4 heteroatoms. The Morgan fingerprint density at radius 3 is 2.47 bits per heavy atom. The van der Waals surface area contributed by atoms with Crippen molar-refractivity contribution in [2.24, 2.45) is 10.7 Å². The Hall–Kier alpha value is -1.58. The van der Waals surface area contributed by atoms with Gasteiger partial charge in [-0.05, 0) is 37.1 Å². The molecule has 0 bridgehead atoms. The predicted octanol–water partition coefficient (Wildman–Crippen LogP) is 2.27. The largest absolute Gasteiger partial charge is 0.369 e. The standard InChI is InChI=1S/C13H16FN3/c14-10-3-5-11(6-4-10)17-12(15)16-9-13(17)7-1-2-8-13/h3-6H,1-2,7-9H2,(H2,15,16). The molecule has 90 valence electrons. The van der Waals surface area contributed by atoms with Gasteiger partial charge in [0.15, 0.2) is 5.96 Å². The molecule has 1 aliphatic heterocycles. The van der Waals surface area contributed by atoms with Gasteiger partial charge in [0, 0.05) is 5.69 Å². The maximum Gasteiger partial charge on any atom is 0.196 e. The van der Waals surface area contributed by atoms with Crippen molar-refractivity contribution in [3.05, 3.63) is 30.1 Å². The topological polar surface area (TPSA) is 41.6 Å². The first-order valence-electron chi connectivity index (χ1n) is 6.07. The van der Waals surface area contributed by atoms with E-state index in [0.29, 0.717) is 5.96 Å². The molecule has 3 rings (SSSR count). The first kappa shape index (κ1) is 10.6. The summed E-state index contributed by atoms with van der Waals surface area (Å²) in [5, 5.41) is 0. The summed E-state index contributed by atoms with van der Waals surface area (Å²) in [6.45, 7) is 0.774. The highest BCUT2D eigenvalue weighted by atomic mass is 19.1. The first-order valence-corrected chi connectivity index (χ1v) is 6.07. The molecule has 0 aromatic heterocycles. The molecule has 3 nitrogen and oxygen atoms in total. The van der Waals surface area contributed by atoms with Crippen LogP contribution in [0.15, 0.2) is 29.3 Å². The molecule has 1 aromatic carbocycles. The quantitative estimate of drug-likeness (QED) is 0.808. The van der Waals surface area contributed by atoms with E-state index in [4.69, 9.17) is 5.73 Å². The maximum absolute atomic E-state index is 13.0. The fourth-order valence-electron chi connectivity index (χ4n) is 3.02. The van der Waals surface area contributed by atoms with Crippen molar-refractivity contribution in [3.8, 4) is 0 Å². The lowest BCUT2D eigenvalue weighted by atomic mass is 9.96. The monoisotopic (exact) mass is 233 g/mol. The molecule has 1 fully saturated rings. The van der Waals surface area contributed by atoms with E-state index >= 15 is 0 Å². The van der Waals surface area contributed by atoms with Crippen molar-refractivity contribution < 1.29 is 4.39 Å². The van der Waals surface area contributed by atoms with E-state index in [9.17, 15) is 4.39 Å². The summed E-state index contributed by atoms with van der Waals surface area (Å²) in [4.78, 5) is 6.47. The van der Waals surface area contributed by atoms with Crippen LogP contribution in [0.5, 0.6) is 0 Å². The highest BCUT2D eigenvalue weighted by molar-refractivity contribution is 5.98. The normalized spacial score (nSPS) is 22.2. The van der Waals surface area contributed by atoms with Crippen LogP contribution in [-0.4, -0.2) is 18.0 Å². The number of anilines is 1. The van der Waals surface area contributed by atoms with Crippen molar-refractivity contribution in [2.75, 3.05) is 11.4 Å². The highest BCUT2D eigenvalue weighted by Crippen LogP contribution is 2.41. The van der Waals surface area contributed by atoms with Gasteiger partial charge in [0.25, 0.3) is 0 Å². The predicted molar refractivity (Wildman–Crippen MR) is 66.6 cm³/mol. The Morgan fingerprint density at radius 2 is 1.82 bits per heavy atom. The number of benzene rings is 1. The molecule has 0 saturated heterocycles. The van der Waals surface area contributed by atoms with Gasteiger partial charge in [-0.2, -0.15) is 0 Å². The zero-order chi connectivity index (χ0) is 11.9. The smallest absolute Gasteiger partial charge is 0.196 e. The van der Waals surface area contributed by atoms with Crippen LogP contribution in [0.2, 0.25) is 0 Å². The Labute approximate surface area is 100 Å². The molecular formula is C13H16FN3. The lowest BCUT2D eigenvalue weighted by Crippen LogP contribution is -2.50. The molecule has 1 saturated carbocycles. The van der Waals surface area contributed by atoms with E-state index in [1.807, 2.05) is 0 Å². The molecule has 1 heterocycles. The minimum Gasteiger partial charge on any atom is -0.369 e. The van der Waals surface area contributed by atoms with Crippen LogP contribution in [0.1, 0.15) is 25.7 Å². The molecule has 2 N–H and O–H groups in total. The number of guanidine groups is 1. The summed E-state index contributed by atoms with van der Waals surface area (Å²) < 4.78 is 13.0. The van der Waals surface area contributed by atoms with Gasteiger partial charge in [0.1, 0.15) is 5.82 Å². The van der Waals surface area contributed by atoms with E-state index < -0.39 is 0 Å². The van der Waals surface area contributed by atoms with Gasteiger partial charge in [-0.1, -0.05) is 12.8 Å². The highest BCUT2D eigenvalue weighted by Gasteiger charge is 2.44. The fourth-order valence-corrected chi connectivity index (χ4v) is 3.02. The molecule has 0 amide bonds. The van der Waals surface area contributed by atoms with Crippen molar-refractivity contribution in [1.82, 2.24) is 0 Å². The summed E-state index contributed by atoms with van der Waals surface area (Å²) in [5.74, 6) is 0.349. The molecule has 0 radical (unpaired) electrons. The average Bonchev–Trinajstić information content (AvgIpc) is 2.91. The van der Waals surface area contributed by atoms with Gasteiger partial charge in [-0.3, -0.25) is 4.99 Å². The number of halogens is 1. The number of nitrogens with zero attached hydrogens (tertiary/aromatic N) is 2. The van der Waals surface area contributed by atoms with E-state index in [0.717, 1.165) is 25.1 Å². The fraction of sp³-hybridized carbons (Fsp3) is 0.462. The van der Waals surface area contributed by atoms with Gasteiger partial charge in [-0.15, -0.1) is 0 Å². The van der Waals surface area contributed by atoms with Gasteiger partial charge in [0.2, 0.25) is 0 Å². The minimum atomic E-state index is -0.219. The van der Waals surface area contributed by atoms with Crippen molar-refractivity contribution in [3.63, 3.8) is 0 Å². The minimum absolute atomic E-state index is 0.0575. The molecule has 1 aliphatic carbocycles. The average molecular weight is 233 g/mol. The van der Waals surface area contributed by atoms with Gasteiger partial charge in [0.05, 0.1) is 12.1 Å². The molecule has 0 atom stereocenters. The van der Waals surface area contributed by atoms with E-state index in [2.05, 4.69) is 9.89 Å². The molecule has 2 aliphatic rings. The summed E-state index contributed by atoms with van der Waals surface area (Å²) >= 11 is 0. The summed E-state index contributed by atoms with van der Waals surface area (Å²) in [5.41, 5.74) is 6.99. The lowest BCUT2D eigenvalue weighted by Gasteiger charge is -2.36. The van der Waals surface area contributed by atoms with Crippen LogP contribution >= 0.6 is 0 Å². The Bertz CT molecular complexity index is 446. The van der Waals surface area contributed by atoms with Crippen LogP contribution in [0, 0.1) is 5.82 Å². The van der Waals surface area contributed by atoms with Crippen molar-refractivity contribution in [1.29, 1.82) is 0 Å². The number of nitrogens with two attached hydrogens (primary N) is 1. The van der Waals surface area contributed by atoms with Gasteiger partial charge in [-0.25, -0.2) is 4.39 Å². The summed E-state index contributed by atoms with van der Waals surface area (Å²) in [7, 11) is 0. The number of hydrogen-bond donors (Lipinski definition) is 1. The Kier molecular flexibility index (Phi) is 2.31. The maximum atomic E-state index is 13.0. The van der Waals surface area contributed by atoms with Crippen molar-refractivity contribution in [2.45, 2.75) is 31.2 Å². The van der Waals surface area contributed by atoms with E-state index in [1.165, 1.54) is 25.0 Å². The first-order chi connectivity index (χ1) is 8.21. The molecular weight excluding hydrogens is 217 g/mol. The zero-order valence-corrected chi connectivity index (χ0v) is 9.69. The van der Waals surface area contributed by atoms with Crippen molar-refractivity contribution >= 4 is 11.6 Å². The Morgan fingerprint density at radius 1 is 1.18 bits per heavy atom.